The van der Waals surface area contributed by atoms with Gasteiger partial charge in [0.1, 0.15) is 34.1 Å². The Bertz CT molecular complexity index is 2110. The summed E-state index contributed by atoms with van der Waals surface area (Å²) >= 11 is 0. The minimum absolute atomic E-state index is 0.0101. The highest BCUT2D eigenvalue weighted by Gasteiger charge is 2.59. The first-order valence-electron chi connectivity index (χ1n) is 14.9. The molecule has 0 radical (unpaired) electrons. The molecule has 2 atom stereocenters. The number of aliphatic hydroxyl groups is 1. The molecule has 1 spiro atoms. The van der Waals surface area contributed by atoms with Crippen molar-refractivity contribution in [2.45, 2.75) is 50.2 Å². The summed E-state index contributed by atoms with van der Waals surface area (Å²) in [6.07, 6.45) is 3.24. The molecule has 46 heavy (non-hydrogen) atoms. The summed E-state index contributed by atoms with van der Waals surface area (Å²) in [6.45, 7) is 9.68. The van der Waals surface area contributed by atoms with Gasteiger partial charge in [0.05, 0.1) is 18.2 Å². The zero-order valence-electron chi connectivity index (χ0n) is 25.8. The number of allylic oxidation sites excluding steroid dienone is 1. The van der Waals surface area contributed by atoms with E-state index in [1.165, 1.54) is 19.2 Å². The lowest BCUT2D eigenvalue weighted by Gasteiger charge is -2.49. The number of aromatic nitrogens is 1. The van der Waals surface area contributed by atoms with Crippen LogP contribution in [-0.2, 0) is 26.1 Å². The minimum Gasteiger partial charge on any atom is -0.507 e. The molecule has 1 saturated heterocycles. The average molecular weight is 620 g/mol. The van der Waals surface area contributed by atoms with Crippen molar-refractivity contribution in [3.8, 4) is 17.2 Å². The van der Waals surface area contributed by atoms with Crippen LogP contribution in [0.1, 0.15) is 76.1 Å². The number of phenols is 2. The van der Waals surface area contributed by atoms with Gasteiger partial charge >= 0.3 is 0 Å². The van der Waals surface area contributed by atoms with Crippen LogP contribution in [-0.4, -0.2) is 45.0 Å². The lowest BCUT2D eigenvalue weighted by atomic mass is 9.60. The first-order chi connectivity index (χ1) is 21.8. The van der Waals surface area contributed by atoms with Crippen molar-refractivity contribution in [1.29, 1.82) is 0 Å². The van der Waals surface area contributed by atoms with E-state index in [-0.39, 0.29) is 57.9 Å². The molecule has 2 amide bonds. The smallest absolute Gasteiger partial charge is 0.268 e. The van der Waals surface area contributed by atoms with Crippen molar-refractivity contribution >= 4 is 34.6 Å². The fourth-order valence-corrected chi connectivity index (χ4v) is 7.34. The number of ether oxygens (including phenoxy) is 1. The number of aromatic amines is 1. The number of H-pyrrole nitrogens is 1. The summed E-state index contributed by atoms with van der Waals surface area (Å²) < 4.78 is 5.63. The number of para-hydroxylation sites is 1. The molecule has 3 aromatic carbocycles. The van der Waals surface area contributed by atoms with E-state index in [9.17, 15) is 29.7 Å². The van der Waals surface area contributed by atoms with Crippen molar-refractivity contribution in [2.24, 2.45) is 0 Å². The number of amides is 2. The monoisotopic (exact) mass is 619 g/mol. The molecule has 1 aliphatic heterocycles. The van der Waals surface area contributed by atoms with Crippen molar-refractivity contribution in [2.75, 3.05) is 7.11 Å². The number of piperazine rings is 1. The number of ketones is 1. The third-order valence-electron chi connectivity index (χ3n) is 9.75. The van der Waals surface area contributed by atoms with Crippen molar-refractivity contribution < 1.29 is 34.4 Å². The van der Waals surface area contributed by atoms with Crippen LogP contribution in [0.3, 0.4) is 0 Å². The Morgan fingerprint density at radius 2 is 1.72 bits per heavy atom. The van der Waals surface area contributed by atoms with E-state index in [1.54, 1.807) is 25.1 Å². The molecular weight excluding hydrogens is 586 g/mol. The van der Waals surface area contributed by atoms with Crippen molar-refractivity contribution in [1.82, 2.24) is 15.6 Å². The Hall–Kier alpha value is -5.35. The van der Waals surface area contributed by atoms with E-state index in [4.69, 9.17) is 4.74 Å². The van der Waals surface area contributed by atoms with Crippen LogP contribution in [0.25, 0.3) is 17.0 Å². The number of benzene rings is 3. The Morgan fingerprint density at radius 1 is 1.00 bits per heavy atom. The van der Waals surface area contributed by atoms with Gasteiger partial charge in [-0.05, 0) is 43.5 Å². The molecule has 0 bridgehead atoms. The summed E-state index contributed by atoms with van der Waals surface area (Å²) in [5.41, 5.74) is -1.32. The van der Waals surface area contributed by atoms with Crippen LogP contribution in [0, 0.1) is 6.92 Å². The number of hydrogen-bond acceptors (Lipinski definition) is 7. The molecule has 0 unspecified atom stereocenters. The fraction of sp³-hybridized carbons (Fsp3) is 0.250. The van der Waals surface area contributed by atoms with Crippen LogP contribution in [0.5, 0.6) is 17.2 Å². The van der Waals surface area contributed by atoms with Gasteiger partial charge in [0, 0.05) is 50.3 Å². The molecule has 10 heteroatoms. The van der Waals surface area contributed by atoms with E-state index in [1.807, 2.05) is 38.1 Å². The summed E-state index contributed by atoms with van der Waals surface area (Å²) in [5, 5.41) is 40.8. The third kappa shape index (κ3) is 3.76. The molecule has 234 valence electrons. The molecule has 10 nitrogen and oxygen atoms in total. The summed E-state index contributed by atoms with van der Waals surface area (Å²) in [4.78, 5) is 45.6. The standard InChI is InChI=1S/C36H33N3O7/c1-6-34(3,4)31-19(18-9-7-8-10-21(18)37-31)15-22-32(43)39-35(33(44)38-22)11-12-36(45)20-13-17(2)14-23(40)26(20)30(42)27-24(41)16-25(46-5)28(35)29(27)36/h6-10,13-16,37,40-41,45H,1,11-12H2,2-5H3,(H,38,44)(H,39,43)/b22-15+/t35-,36+/m1/s1. The maximum absolute atomic E-state index is 14.3. The quantitative estimate of drug-likeness (QED) is 0.146. The minimum atomic E-state index is -1.88. The highest BCUT2D eigenvalue weighted by molar-refractivity contribution is 6.18. The summed E-state index contributed by atoms with van der Waals surface area (Å²) in [7, 11) is 1.33. The topological polar surface area (TPSA) is 161 Å². The average Bonchev–Trinajstić information content (AvgIpc) is 3.39. The number of methoxy groups -OCH3 is 1. The van der Waals surface area contributed by atoms with Gasteiger partial charge in [0.15, 0.2) is 0 Å². The van der Waals surface area contributed by atoms with Crippen LogP contribution in [0.15, 0.2) is 60.8 Å². The predicted molar refractivity (Wildman–Crippen MR) is 171 cm³/mol. The number of hydrogen-bond donors (Lipinski definition) is 6. The van der Waals surface area contributed by atoms with E-state index in [0.29, 0.717) is 5.56 Å². The number of nitrogens with one attached hydrogen (secondary N) is 3. The van der Waals surface area contributed by atoms with Crippen LogP contribution < -0.4 is 15.4 Å². The van der Waals surface area contributed by atoms with Crippen molar-refractivity contribution in [3.63, 3.8) is 0 Å². The van der Waals surface area contributed by atoms with Crippen LogP contribution in [0.4, 0.5) is 0 Å². The summed E-state index contributed by atoms with van der Waals surface area (Å²) in [6, 6.07) is 11.9. The molecule has 1 aromatic heterocycles. The molecule has 2 heterocycles. The van der Waals surface area contributed by atoms with Gasteiger partial charge in [-0.2, -0.15) is 0 Å². The second kappa shape index (κ2) is 9.58. The molecule has 1 fully saturated rings. The van der Waals surface area contributed by atoms with E-state index >= 15 is 0 Å². The second-order valence-electron chi connectivity index (χ2n) is 12.9. The number of fused-ring (bicyclic) bond motifs is 4. The Labute approximate surface area is 264 Å². The fourth-order valence-electron chi connectivity index (χ4n) is 7.34. The number of aromatic hydroxyl groups is 2. The van der Waals surface area contributed by atoms with Gasteiger partial charge in [0.25, 0.3) is 11.8 Å². The maximum Gasteiger partial charge on any atom is 0.268 e. The molecule has 4 aromatic rings. The lowest BCUT2D eigenvalue weighted by Crippen LogP contribution is -2.65. The zero-order chi connectivity index (χ0) is 32.9. The first-order valence-corrected chi connectivity index (χ1v) is 14.9. The van der Waals surface area contributed by atoms with Gasteiger partial charge in [-0.3, -0.25) is 14.4 Å². The van der Waals surface area contributed by atoms with E-state index in [0.717, 1.165) is 22.2 Å². The second-order valence-corrected chi connectivity index (χ2v) is 12.9. The highest BCUT2D eigenvalue weighted by atomic mass is 16.5. The Kier molecular flexibility index (Phi) is 6.11. The number of aryl methyl sites for hydroxylation is 1. The molecular formula is C36H33N3O7. The van der Waals surface area contributed by atoms with Crippen molar-refractivity contribution in [3.05, 3.63) is 105 Å². The first kappa shape index (κ1) is 29.4. The lowest BCUT2D eigenvalue weighted by molar-refractivity contribution is -0.138. The van der Waals surface area contributed by atoms with Gasteiger partial charge in [-0.15, -0.1) is 6.58 Å². The number of carbonyl (C=O) groups excluding carboxylic acids is 3. The number of rotatable bonds is 4. The molecule has 2 aliphatic carbocycles. The molecule has 7 rings (SSSR count). The molecule has 3 aliphatic rings. The number of phenolic OH excluding ortho intramolecular Hbond substituents is 2. The van der Waals surface area contributed by atoms with Gasteiger partial charge in [-0.25, -0.2) is 0 Å². The Morgan fingerprint density at radius 3 is 2.43 bits per heavy atom. The molecule has 0 saturated carbocycles. The van der Waals surface area contributed by atoms with Crippen LogP contribution >= 0.6 is 0 Å². The molecule has 6 N–H and O–H groups in total. The maximum atomic E-state index is 14.3. The normalized spacial score (nSPS) is 22.8. The highest BCUT2D eigenvalue weighted by Crippen LogP contribution is 2.58. The van der Waals surface area contributed by atoms with Gasteiger partial charge in [-0.1, -0.05) is 44.2 Å². The third-order valence-corrected chi connectivity index (χ3v) is 9.75. The predicted octanol–water partition coefficient (Wildman–Crippen LogP) is 4.42. The van der Waals surface area contributed by atoms with Crippen LogP contribution in [0.2, 0.25) is 0 Å². The summed E-state index contributed by atoms with van der Waals surface area (Å²) in [5.74, 6) is -2.70. The van der Waals surface area contributed by atoms with Gasteiger partial charge < -0.3 is 35.7 Å². The SMILES string of the molecule is C=CC(C)(C)c1[nH]c2ccccc2c1/C=C1/NC(=O)[C@]2(CC[C@]3(O)c4cc(C)cc(O)c4C(=O)c4c(O)cc(OC)c2c43)NC1=O. The van der Waals surface area contributed by atoms with Gasteiger partial charge in [0.2, 0.25) is 5.78 Å². The van der Waals surface area contributed by atoms with E-state index in [2.05, 4.69) is 22.2 Å². The zero-order valence-corrected chi connectivity index (χ0v) is 25.8. The Balaban J connectivity index is 1.41. The largest absolute Gasteiger partial charge is 0.507 e. The number of carbonyl (C=O) groups is 3. The van der Waals surface area contributed by atoms with E-state index < -0.39 is 39.9 Å².